The lowest BCUT2D eigenvalue weighted by atomic mass is 9.86. The van der Waals surface area contributed by atoms with E-state index in [2.05, 4.69) is 216 Å². The van der Waals surface area contributed by atoms with E-state index in [0.717, 1.165) is 17.1 Å². The number of aromatic nitrogens is 3. The van der Waals surface area contributed by atoms with Crippen molar-refractivity contribution in [3.63, 3.8) is 0 Å². The summed E-state index contributed by atoms with van der Waals surface area (Å²) in [6.45, 7) is 6.80. The van der Waals surface area contributed by atoms with Gasteiger partial charge in [-0.25, -0.2) is 0 Å². The van der Waals surface area contributed by atoms with Crippen LogP contribution in [0.4, 0.5) is 0 Å². The number of hydrogen-bond acceptors (Lipinski definition) is 0. The highest BCUT2D eigenvalue weighted by Crippen LogP contribution is 2.41. The number of rotatable bonds is 4. The molecule has 3 nitrogen and oxygen atoms in total. The molecule has 3 heteroatoms. The third-order valence-corrected chi connectivity index (χ3v) is 11.6. The molecule has 3 heterocycles. The third kappa shape index (κ3) is 4.83. The van der Waals surface area contributed by atoms with Gasteiger partial charge in [0.15, 0.2) is 0 Å². The second-order valence-electron chi connectivity index (χ2n) is 15.9. The van der Waals surface area contributed by atoms with Crippen LogP contribution in [0.25, 0.3) is 93.6 Å². The van der Waals surface area contributed by atoms with Crippen molar-refractivity contribution in [2.24, 2.45) is 0 Å². The Hall–Kier alpha value is -6.84. The quantitative estimate of drug-likeness (QED) is 0.173. The number of para-hydroxylation sites is 4. The Kier molecular flexibility index (Phi) is 6.81. The van der Waals surface area contributed by atoms with E-state index in [0.29, 0.717) is 0 Å². The van der Waals surface area contributed by atoms with Gasteiger partial charge in [-0.2, -0.15) is 0 Å². The van der Waals surface area contributed by atoms with Crippen LogP contribution in [0, 0.1) is 0 Å². The number of hydrogen-bond donors (Lipinski definition) is 0. The minimum atomic E-state index is 0.121. The molecular formula is C52H39N3. The molecule has 0 spiro atoms. The third-order valence-electron chi connectivity index (χ3n) is 11.6. The van der Waals surface area contributed by atoms with Gasteiger partial charge in [-0.1, -0.05) is 130 Å². The summed E-state index contributed by atoms with van der Waals surface area (Å²) >= 11 is 0. The van der Waals surface area contributed by atoms with Crippen LogP contribution in [-0.2, 0) is 5.41 Å². The number of nitrogens with zero attached hydrogens (tertiary/aromatic N) is 3. The van der Waals surface area contributed by atoms with E-state index in [1.165, 1.54) is 82.1 Å². The maximum atomic E-state index is 2.46. The monoisotopic (exact) mass is 705 g/mol. The van der Waals surface area contributed by atoms with E-state index < -0.39 is 0 Å². The highest BCUT2D eigenvalue weighted by Gasteiger charge is 2.20. The van der Waals surface area contributed by atoms with Crippen LogP contribution in [-0.4, -0.2) is 13.7 Å². The highest BCUT2D eigenvalue weighted by atomic mass is 15.0. The Bertz CT molecular complexity index is 3270. The van der Waals surface area contributed by atoms with Gasteiger partial charge < -0.3 is 13.7 Å². The molecule has 262 valence electrons. The Balaban J connectivity index is 1.13. The second kappa shape index (κ2) is 11.8. The topological polar surface area (TPSA) is 14.8 Å². The first-order valence-corrected chi connectivity index (χ1v) is 19.2. The van der Waals surface area contributed by atoms with Crippen LogP contribution in [0.2, 0.25) is 0 Å². The van der Waals surface area contributed by atoms with E-state index in [1.807, 2.05) is 0 Å². The molecule has 0 atom stereocenters. The van der Waals surface area contributed by atoms with Crippen molar-refractivity contribution in [2.75, 3.05) is 0 Å². The van der Waals surface area contributed by atoms with Gasteiger partial charge in [0.1, 0.15) is 0 Å². The second-order valence-corrected chi connectivity index (χ2v) is 15.9. The van der Waals surface area contributed by atoms with E-state index in [1.54, 1.807) is 0 Å². The molecule has 0 N–H and O–H groups in total. The minimum Gasteiger partial charge on any atom is -0.309 e. The Labute approximate surface area is 319 Å². The number of fused-ring (bicyclic) bond motifs is 9. The SMILES string of the molecule is CC(C)(C)c1ccc(-c2cccc(-n3c4ccccc4c4cc(-n5c6ccccc6c6cc7c8ccccc8n(-c8ccccc8)c7cc65)ccc43)c2)cc1. The number of benzene rings is 8. The average molecular weight is 706 g/mol. The molecule has 0 radical (unpaired) electrons. The van der Waals surface area contributed by atoms with Crippen LogP contribution in [0.1, 0.15) is 26.3 Å². The molecule has 11 rings (SSSR count). The fourth-order valence-corrected chi connectivity index (χ4v) is 8.93. The maximum Gasteiger partial charge on any atom is 0.0562 e. The average Bonchev–Trinajstić information content (AvgIpc) is 3.85. The van der Waals surface area contributed by atoms with Crippen molar-refractivity contribution in [3.05, 3.63) is 188 Å². The summed E-state index contributed by atoms with van der Waals surface area (Å²) in [5.41, 5.74) is 14.6. The molecule has 55 heavy (non-hydrogen) atoms. The summed E-state index contributed by atoms with van der Waals surface area (Å²) in [6.07, 6.45) is 0. The molecule has 3 aromatic heterocycles. The molecule has 0 aliphatic heterocycles. The van der Waals surface area contributed by atoms with Crippen LogP contribution in [0.15, 0.2) is 182 Å². The first kappa shape index (κ1) is 31.7. The van der Waals surface area contributed by atoms with Crippen LogP contribution >= 0.6 is 0 Å². The molecule has 0 aliphatic carbocycles. The summed E-state index contributed by atoms with van der Waals surface area (Å²) in [7, 11) is 0. The first-order valence-electron chi connectivity index (χ1n) is 19.2. The normalized spacial score (nSPS) is 12.3. The molecule has 11 aromatic rings. The lowest BCUT2D eigenvalue weighted by Gasteiger charge is -2.19. The summed E-state index contributed by atoms with van der Waals surface area (Å²) in [5.74, 6) is 0. The fourth-order valence-electron chi connectivity index (χ4n) is 8.93. The first-order chi connectivity index (χ1) is 26.9. The maximum absolute atomic E-state index is 2.46. The highest BCUT2D eigenvalue weighted by molar-refractivity contribution is 6.19. The van der Waals surface area contributed by atoms with E-state index in [9.17, 15) is 0 Å². The summed E-state index contributed by atoms with van der Waals surface area (Å²) in [6, 6.07) is 67.0. The van der Waals surface area contributed by atoms with Crippen LogP contribution in [0.5, 0.6) is 0 Å². The van der Waals surface area contributed by atoms with Crippen molar-refractivity contribution in [3.8, 4) is 28.2 Å². The zero-order valence-electron chi connectivity index (χ0n) is 31.2. The standard InChI is InChI=1S/C52H39N3/c1-52(2,3)36-26-24-34(25-27-36)35-14-13-17-38(30-35)54-47-22-11-7-18-40(47)43-31-39(28-29-49(43)54)55-48-23-12-9-20-42(48)45-32-44-41-19-8-10-21-46(41)53(50(44)33-51(45)55)37-15-5-4-6-16-37/h4-33H,1-3H3. The molecule has 0 unspecified atom stereocenters. The molecule has 8 aromatic carbocycles. The molecule has 0 aliphatic rings. The van der Waals surface area contributed by atoms with Gasteiger partial charge in [-0.05, 0) is 94.9 Å². The molecule has 0 amide bonds. The van der Waals surface area contributed by atoms with E-state index >= 15 is 0 Å². The largest absolute Gasteiger partial charge is 0.309 e. The fraction of sp³-hybridized carbons (Fsp3) is 0.0769. The van der Waals surface area contributed by atoms with Gasteiger partial charge in [0, 0.05) is 49.4 Å². The molecule has 0 fully saturated rings. The van der Waals surface area contributed by atoms with Gasteiger partial charge in [-0.15, -0.1) is 0 Å². The predicted octanol–water partition coefficient (Wildman–Crippen LogP) is 13.9. The van der Waals surface area contributed by atoms with E-state index in [4.69, 9.17) is 0 Å². The van der Waals surface area contributed by atoms with Gasteiger partial charge in [-0.3, -0.25) is 0 Å². The van der Waals surface area contributed by atoms with Crippen molar-refractivity contribution < 1.29 is 0 Å². The van der Waals surface area contributed by atoms with Crippen molar-refractivity contribution in [2.45, 2.75) is 26.2 Å². The smallest absolute Gasteiger partial charge is 0.0562 e. The zero-order chi connectivity index (χ0) is 36.8. The Morgan fingerprint density at radius 3 is 1.36 bits per heavy atom. The lowest BCUT2D eigenvalue weighted by molar-refractivity contribution is 0.590. The Morgan fingerprint density at radius 1 is 0.291 bits per heavy atom. The van der Waals surface area contributed by atoms with Crippen LogP contribution in [0.3, 0.4) is 0 Å². The van der Waals surface area contributed by atoms with Gasteiger partial charge >= 0.3 is 0 Å². The van der Waals surface area contributed by atoms with Crippen LogP contribution < -0.4 is 0 Å². The van der Waals surface area contributed by atoms with Gasteiger partial charge in [0.25, 0.3) is 0 Å². The minimum absolute atomic E-state index is 0.121. The predicted molar refractivity (Wildman–Crippen MR) is 234 cm³/mol. The van der Waals surface area contributed by atoms with Crippen molar-refractivity contribution in [1.82, 2.24) is 13.7 Å². The molecule has 0 saturated heterocycles. The Morgan fingerprint density at radius 2 is 0.764 bits per heavy atom. The molecule has 0 saturated carbocycles. The lowest BCUT2D eigenvalue weighted by Crippen LogP contribution is -2.10. The molecule has 0 bridgehead atoms. The van der Waals surface area contributed by atoms with Gasteiger partial charge in [0.05, 0.1) is 33.1 Å². The van der Waals surface area contributed by atoms with Crippen molar-refractivity contribution >= 4 is 65.4 Å². The molecular weight excluding hydrogens is 667 g/mol. The van der Waals surface area contributed by atoms with Gasteiger partial charge in [0.2, 0.25) is 0 Å². The summed E-state index contributed by atoms with van der Waals surface area (Å²) in [4.78, 5) is 0. The van der Waals surface area contributed by atoms with Crippen molar-refractivity contribution in [1.29, 1.82) is 0 Å². The van der Waals surface area contributed by atoms with E-state index in [-0.39, 0.29) is 5.41 Å². The zero-order valence-corrected chi connectivity index (χ0v) is 31.2. The summed E-state index contributed by atoms with van der Waals surface area (Å²) < 4.78 is 7.30. The summed E-state index contributed by atoms with van der Waals surface area (Å²) in [5, 5.41) is 7.52.